The first-order chi connectivity index (χ1) is 13.3. The largest absolute Gasteiger partial charge is 0.573 e. The van der Waals surface area contributed by atoms with Crippen molar-refractivity contribution < 1.29 is 22.7 Å². The minimum atomic E-state index is -4.81. The third-order valence-corrected chi connectivity index (χ3v) is 5.52. The number of aryl methyl sites for hydroxylation is 1. The number of carbonyl (C=O) groups excluding carboxylic acids is 1. The SMILES string of the molecule is Cc1nc(CC2(c3ccccc3)C(=O)Nc3ccc(OC(F)(F)F)cc32)cs1. The number of hydrogen-bond acceptors (Lipinski definition) is 4. The Balaban J connectivity index is 1.89. The fraction of sp³-hybridized carbons (Fsp3) is 0.200. The van der Waals surface area contributed by atoms with Crippen LogP contribution in [0, 0.1) is 6.92 Å². The Hall–Kier alpha value is -2.87. The first-order valence-electron chi connectivity index (χ1n) is 8.46. The average Bonchev–Trinajstić information content (AvgIpc) is 3.16. The van der Waals surface area contributed by atoms with Gasteiger partial charge in [0.05, 0.1) is 10.7 Å². The van der Waals surface area contributed by atoms with E-state index in [9.17, 15) is 18.0 Å². The van der Waals surface area contributed by atoms with Crippen LogP contribution >= 0.6 is 11.3 Å². The van der Waals surface area contributed by atoms with Crippen LogP contribution in [0.15, 0.2) is 53.9 Å². The molecule has 1 atom stereocenters. The van der Waals surface area contributed by atoms with Crippen LogP contribution in [0.4, 0.5) is 18.9 Å². The van der Waals surface area contributed by atoms with Crippen molar-refractivity contribution in [1.82, 2.24) is 4.98 Å². The molecule has 8 heteroatoms. The quantitative estimate of drug-likeness (QED) is 0.678. The molecule has 1 N–H and O–H groups in total. The molecule has 2 aromatic carbocycles. The number of amides is 1. The number of carbonyl (C=O) groups is 1. The molecule has 1 unspecified atom stereocenters. The maximum absolute atomic E-state index is 13.2. The molecule has 0 spiro atoms. The summed E-state index contributed by atoms with van der Waals surface area (Å²) in [5.41, 5.74) is 1.10. The number of alkyl halides is 3. The Morgan fingerprint density at radius 3 is 2.57 bits per heavy atom. The zero-order valence-corrected chi connectivity index (χ0v) is 15.5. The Labute approximate surface area is 163 Å². The van der Waals surface area contributed by atoms with Gasteiger partial charge in [0.25, 0.3) is 0 Å². The molecular formula is C20H15F3N2O2S. The van der Waals surface area contributed by atoms with Gasteiger partial charge in [-0.3, -0.25) is 4.79 Å². The maximum atomic E-state index is 13.2. The fourth-order valence-corrected chi connectivity index (χ4v) is 4.19. The molecule has 4 rings (SSSR count). The third kappa shape index (κ3) is 3.24. The van der Waals surface area contributed by atoms with Crippen molar-refractivity contribution in [3.8, 4) is 5.75 Å². The van der Waals surface area contributed by atoms with E-state index in [1.807, 2.05) is 18.4 Å². The number of thiazole rings is 1. The summed E-state index contributed by atoms with van der Waals surface area (Å²) in [6.45, 7) is 1.86. The number of hydrogen-bond donors (Lipinski definition) is 1. The molecule has 1 aliphatic heterocycles. The van der Waals surface area contributed by atoms with Crippen molar-refractivity contribution in [1.29, 1.82) is 0 Å². The zero-order chi connectivity index (χ0) is 19.9. The topological polar surface area (TPSA) is 51.2 Å². The van der Waals surface area contributed by atoms with E-state index in [4.69, 9.17) is 0 Å². The monoisotopic (exact) mass is 404 g/mol. The van der Waals surface area contributed by atoms with Crippen molar-refractivity contribution in [3.63, 3.8) is 0 Å². The van der Waals surface area contributed by atoms with E-state index in [0.717, 1.165) is 5.01 Å². The van der Waals surface area contributed by atoms with Crippen molar-refractivity contribution in [2.45, 2.75) is 25.1 Å². The predicted molar refractivity (Wildman–Crippen MR) is 99.5 cm³/mol. The number of rotatable bonds is 4. The number of halogens is 3. The number of nitrogens with zero attached hydrogens (tertiary/aromatic N) is 1. The second-order valence-corrected chi connectivity index (χ2v) is 7.58. The molecule has 0 saturated heterocycles. The van der Waals surface area contributed by atoms with E-state index in [1.54, 1.807) is 24.3 Å². The van der Waals surface area contributed by atoms with Gasteiger partial charge in [-0.2, -0.15) is 0 Å². The van der Waals surface area contributed by atoms with Crippen molar-refractivity contribution in [2.24, 2.45) is 0 Å². The predicted octanol–water partition coefficient (Wildman–Crippen LogP) is 4.83. The van der Waals surface area contributed by atoms with Gasteiger partial charge in [-0.15, -0.1) is 24.5 Å². The number of anilines is 1. The first kappa shape index (κ1) is 18.5. The summed E-state index contributed by atoms with van der Waals surface area (Å²) in [5, 5.41) is 5.52. The van der Waals surface area contributed by atoms with Crippen LogP contribution in [0.25, 0.3) is 0 Å². The van der Waals surface area contributed by atoms with Gasteiger partial charge in [0.1, 0.15) is 11.2 Å². The molecule has 3 aromatic rings. The summed E-state index contributed by atoms with van der Waals surface area (Å²) in [4.78, 5) is 17.6. The van der Waals surface area contributed by atoms with E-state index in [1.165, 1.54) is 29.5 Å². The van der Waals surface area contributed by atoms with Gasteiger partial charge >= 0.3 is 6.36 Å². The fourth-order valence-electron chi connectivity index (χ4n) is 3.58. The van der Waals surface area contributed by atoms with Crippen LogP contribution in [0.2, 0.25) is 0 Å². The van der Waals surface area contributed by atoms with E-state index < -0.39 is 11.8 Å². The summed E-state index contributed by atoms with van der Waals surface area (Å²) in [6, 6.07) is 12.9. The van der Waals surface area contributed by atoms with Crippen LogP contribution in [-0.2, 0) is 16.6 Å². The normalized spacial score (nSPS) is 18.6. The Kier molecular flexibility index (Phi) is 4.38. The summed E-state index contributed by atoms with van der Waals surface area (Å²) < 4.78 is 42.3. The Bertz CT molecular complexity index is 1030. The Morgan fingerprint density at radius 2 is 1.93 bits per heavy atom. The van der Waals surface area contributed by atoms with Gasteiger partial charge in [0, 0.05) is 17.5 Å². The zero-order valence-electron chi connectivity index (χ0n) is 14.7. The lowest BCUT2D eigenvalue weighted by Crippen LogP contribution is -2.38. The highest BCUT2D eigenvalue weighted by Gasteiger charge is 2.49. The third-order valence-electron chi connectivity index (χ3n) is 4.70. The van der Waals surface area contributed by atoms with Crippen molar-refractivity contribution in [3.05, 3.63) is 75.7 Å². The Morgan fingerprint density at radius 1 is 1.18 bits per heavy atom. The van der Waals surface area contributed by atoms with Crippen LogP contribution in [0.1, 0.15) is 21.8 Å². The maximum Gasteiger partial charge on any atom is 0.573 e. The highest BCUT2D eigenvalue weighted by Crippen LogP contribution is 2.46. The summed E-state index contributed by atoms with van der Waals surface area (Å²) in [7, 11) is 0. The molecular weight excluding hydrogens is 389 g/mol. The van der Waals surface area contributed by atoms with Gasteiger partial charge in [0.2, 0.25) is 5.91 Å². The molecule has 1 amide bonds. The molecule has 28 heavy (non-hydrogen) atoms. The molecule has 4 nitrogen and oxygen atoms in total. The molecule has 0 aliphatic carbocycles. The van der Waals surface area contributed by atoms with Crippen LogP contribution in [-0.4, -0.2) is 17.3 Å². The van der Waals surface area contributed by atoms with Gasteiger partial charge in [-0.05, 0) is 36.2 Å². The van der Waals surface area contributed by atoms with E-state index in [0.29, 0.717) is 22.5 Å². The van der Waals surface area contributed by atoms with Crippen LogP contribution in [0.5, 0.6) is 5.75 Å². The summed E-state index contributed by atoms with van der Waals surface area (Å²) >= 11 is 1.46. The van der Waals surface area contributed by atoms with Gasteiger partial charge in [-0.1, -0.05) is 30.3 Å². The number of aromatic nitrogens is 1. The second-order valence-electron chi connectivity index (χ2n) is 6.52. The molecule has 1 aliphatic rings. The molecule has 2 heterocycles. The lowest BCUT2D eigenvalue weighted by atomic mass is 9.72. The summed E-state index contributed by atoms with van der Waals surface area (Å²) in [6.07, 6.45) is -4.58. The summed E-state index contributed by atoms with van der Waals surface area (Å²) in [5.74, 6) is -0.666. The highest BCUT2D eigenvalue weighted by molar-refractivity contribution is 7.09. The second kappa shape index (κ2) is 6.63. The minimum absolute atomic E-state index is 0.232. The number of nitrogens with one attached hydrogen (secondary N) is 1. The van der Waals surface area contributed by atoms with Gasteiger partial charge in [0.15, 0.2) is 0 Å². The lowest BCUT2D eigenvalue weighted by Gasteiger charge is -2.28. The van der Waals surface area contributed by atoms with Crippen LogP contribution < -0.4 is 10.1 Å². The molecule has 0 fully saturated rings. The van der Waals surface area contributed by atoms with Crippen molar-refractivity contribution >= 4 is 22.9 Å². The minimum Gasteiger partial charge on any atom is -0.406 e. The van der Waals surface area contributed by atoms with Crippen LogP contribution in [0.3, 0.4) is 0 Å². The van der Waals surface area contributed by atoms with E-state index >= 15 is 0 Å². The highest BCUT2D eigenvalue weighted by atomic mass is 32.1. The van der Waals surface area contributed by atoms with Gasteiger partial charge < -0.3 is 10.1 Å². The molecule has 144 valence electrons. The molecule has 0 saturated carbocycles. The van der Waals surface area contributed by atoms with Crippen molar-refractivity contribution in [2.75, 3.05) is 5.32 Å². The average molecular weight is 404 g/mol. The number of ether oxygens (including phenoxy) is 1. The van der Waals surface area contributed by atoms with E-state index in [-0.39, 0.29) is 18.1 Å². The van der Waals surface area contributed by atoms with Gasteiger partial charge in [-0.25, -0.2) is 4.98 Å². The molecule has 1 aromatic heterocycles. The number of fused-ring (bicyclic) bond motifs is 1. The first-order valence-corrected chi connectivity index (χ1v) is 9.34. The molecule has 0 radical (unpaired) electrons. The number of benzene rings is 2. The standard InChI is InChI=1S/C20H15F3N2O2S/c1-12-24-14(11-28-12)10-19(13-5-3-2-4-6-13)16-9-15(27-20(21,22)23)7-8-17(16)25-18(19)26/h2-9,11H,10H2,1H3,(H,25,26). The lowest BCUT2D eigenvalue weighted by molar-refractivity contribution is -0.274. The molecule has 0 bridgehead atoms. The smallest absolute Gasteiger partial charge is 0.406 e. The van der Waals surface area contributed by atoms with E-state index in [2.05, 4.69) is 15.0 Å².